The van der Waals surface area contributed by atoms with Crippen molar-refractivity contribution < 1.29 is 14.7 Å². The van der Waals surface area contributed by atoms with Crippen molar-refractivity contribution in [1.82, 2.24) is 4.98 Å². The third kappa shape index (κ3) is 2.86. The minimum atomic E-state index is -1.07. The third-order valence-corrected chi connectivity index (χ3v) is 2.47. The molecule has 96 valence electrons. The van der Waals surface area contributed by atoms with Crippen molar-refractivity contribution in [3.05, 3.63) is 53.7 Å². The summed E-state index contributed by atoms with van der Waals surface area (Å²) in [6.45, 7) is 0. The summed E-state index contributed by atoms with van der Waals surface area (Å²) in [5.41, 5.74) is 6.20. The zero-order valence-electron chi connectivity index (χ0n) is 9.83. The number of anilines is 2. The number of amides is 1. The van der Waals surface area contributed by atoms with Crippen LogP contribution in [0.5, 0.6) is 0 Å². The topological polar surface area (TPSA) is 105 Å². The van der Waals surface area contributed by atoms with Gasteiger partial charge in [0.05, 0.1) is 0 Å². The van der Waals surface area contributed by atoms with Gasteiger partial charge in [0.25, 0.3) is 0 Å². The van der Waals surface area contributed by atoms with Crippen LogP contribution in [0.25, 0.3) is 0 Å². The highest BCUT2D eigenvalue weighted by Crippen LogP contribution is 2.18. The second-order valence-corrected chi connectivity index (χ2v) is 3.77. The van der Waals surface area contributed by atoms with Crippen molar-refractivity contribution in [2.75, 3.05) is 5.32 Å². The zero-order valence-corrected chi connectivity index (χ0v) is 9.83. The predicted molar refractivity (Wildman–Crippen MR) is 69.4 cm³/mol. The van der Waals surface area contributed by atoms with E-state index in [1.165, 1.54) is 12.3 Å². The molecule has 0 aliphatic heterocycles. The lowest BCUT2D eigenvalue weighted by molar-refractivity contribution is 0.0697. The van der Waals surface area contributed by atoms with Gasteiger partial charge < -0.3 is 16.2 Å². The number of carbonyl (C=O) groups excluding carboxylic acids is 1. The Kier molecular flexibility index (Phi) is 3.42. The van der Waals surface area contributed by atoms with Gasteiger partial charge in [-0.3, -0.25) is 4.79 Å². The Balaban J connectivity index is 2.26. The van der Waals surface area contributed by atoms with Crippen molar-refractivity contribution in [3.8, 4) is 0 Å². The summed E-state index contributed by atoms with van der Waals surface area (Å²) in [6.07, 6.45) is 1.49. The minimum absolute atomic E-state index is 0.0708. The number of hydrogen-bond acceptors (Lipinski definition) is 4. The Morgan fingerprint density at radius 1 is 1.16 bits per heavy atom. The number of pyridine rings is 1. The number of primary amides is 1. The van der Waals surface area contributed by atoms with Gasteiger partial charge in [0, 0.05) is 17.4 Å². The highest BCUT2D eigenvalue weighted by molar-refractivity contribution is 5.94. The predicted octanol–water partition coefficient (Wildman–Crippen LogP) is 1.62. The summed E-state index contributed by atoms with van der Waals surface area (Å²) in [5, 5.41) is 11.9. The molecule has 0 aliphatic carbocycles. The molecule has 0 radical (unpaired) electrons. The van der Waals surface area contributed by atoms with Crippen molar-refractivity contribution >= 4 is 23.4 Å². The summed E-state index contributed by atoms with van der Waals surface area (Å²) in [5.74, 6) is -1.35. The molecule has 1 aromatic heterocycles. The smallest absolute Gasteiger partial charge is 0.339 e. The first-order valence-electron chi connectivity index (χ1n) is 5.43. The summed E-state index contributed by atoms with van der Waals surface area (Å²) < 4.78 is 0. The van der Waals surface area contributed by atoms with Crippen LogP contribution in [0.1, 0.15) is 20.7 Å². The third-order valence-electron chi connectivity index (χ3n) is 2.47. The zero-order chi connectivity index (χ0) is 13.8. The molecule has 0 unspecified atom stereocenters. The van der Waals surface area contributed by atoms with Crippen molar-refractivity contribution in [2.24, 2.45) is 5.73 Å². The Morgan fingerprint density at radius 2 is 1.84 bits per heavy atom. The van der Waals surface area contributed by atoms with Gasteiger partial charge in [-0.25, -0.2) is 9.78 Å². The van der Waals surface area contributed by atoms with Crippen LogP contribution < -0.4 is 11.1 Å². The highest BCUT2D eigenvalue weighted by atomic mass is 16.4. The SMILES string of the molecule is NC(=O)c1ccc(Nc2ncccc2C(=O)O)cc1. The number of carboxylic acids is 1. The van der Waals surface area contributed by atoms with Gasteiger partial charge in [0.2, 0.25) is 5.91 Å². The van der Waals surface area contributed by atoms with E-state index in [-0.39, 0.29) is 11.4 Å². The van der Waals surface area contributed by atoms with Gasteiger partial charge in [-0.05, 0) is 36.4 Å². The van der Waals surface area contributed by atoms with Gasteiger partial charge in [-0.2, -0.15) is 0 Å². The van der Waals surface area contributed by atoms with Crippen LogP contribution in [-0.2, 0) is 0 Å². The molecular formula is C13H11N3O3. The highest BCUT2D eigenvalue weighted by Gasteiger charge is 2.10. The van der Waals surface area contributed by atoms with Crippen LogP contribution in [0.15, 0.2) is 42.6 Å². The fourth-order valence-electron chi connectivity index (χ4n) is 1.53. The maximum Gasteiger partial charge on any atom is 0.339 e. The molecule has 1 aromatic carbocycles. The quantitative estimate of drug-likeness (QED) is 0.771. The first-order chi connectivity index (χ1) is 9.08. The lowest BCUT2D eigenvalue weighted by atomic mass is 10.2. The van der Waals surface area contributed by atoms with Crippen LogP contribution in [0, 0.1) is 0 Å². The molecule has 2 rings (SSSR count). The van der Waals surface area contributed by atoms with Crippen molar-refractivity contribution in [3.63, 3.8) is 0 Å². The molecule has 0 bridgehead atoms. The summed E-state index contributed by atoms with van der Waals surface area (Å²) in [7, 11) is 0. The standard InChI is InChI=1S/C13H11N3O3/c14-11(17)8-3-5-9(6-4-8)16-12-10(13(18)19)2-1-7-15-12/h1-7H,(H2,14,17)(H,15,16)(H,18,19). The Morgan fingerprint density at radius 3 is 2.42 bits per heavy atom. The monoisotopic (exact) mass is 257 g/mol. The lowest BCUT2D eigenvalue weighted by Crippen LogP contribution is -2.10. The fraction of sp³-hybridized carbons (Fsp3) is 0. The summed E-state index contributed by atoms with van der Waals surface area (Å²) >= 11 is 0. The number of hydrogen-bond donors (Lipinski definition) is 3. The van der Waals surface area contributed by atoms with E-state index >= 15 is 0 Å². The van der Waals surface area contributed by atoms with Gasteiger partial charge >= 0.3 is 5.97 Å². The molecule has 6 heteroatoms. The molecule has 2 aromatic rings. The molecule has 6 nitrogen and oxygen atoms in total. The molecule has 0 aliphatic rings. The molecule has 1 heterocycles. The molecule has 0 fully saturated rings. The number of carboxylic acid groups (broad SMARTS) is 1. The first-order valence-corrected chi connectivity index (χ1v) is 5.43. The van der Waals surface area contributed by atoms with Crippen LogP contribution in [0.4, 0.5) is 11.5 Å². The van der Waals surface area contributed by atoms with E-state index in [0.717, 1.165) is 0 Å². The number of carbonyl (C=O) groups is 2. The van der Waals surface area contributed by atoms with Gasteiger partial charge in [-0.15, -0.1) is 0 Å². The molecule has 1 amide bonds. The van der Waals surface area contributed by atoms with E-state index < -0.39 is 11.9 Å². The van der Waals surface area contributed by atoms with Crippen molar-refractivity contribution in [1.29, 1.82) is 0 Å². The molecule has 19 heavy (non-hydrogen) atoms. The van der Waals surface area contributed by atoms with Gasteiger partial charge in [0.1, 0.15) is 11.4 Å². The number of aromatic nitrogens is 1. The van der Waals surface area contributed by atoms with Crippen LogP contribution in [0.3, 0.4) is 0 Å². The van der Waals surface area contributed by atoms with E-state index in [4.69, 9.17) is 10.8 Å². The molecule has 0 spiro atoms. The van der Waals surface area contributed by atoms with E-state index in [0.29, 0.717) is 11.3 Å². The number of rotatable bonds is 4. The van der Waals surface area contributed by atoms with E-state index in [2.05, 4.69) is 10.3 Å². The first kappa shape index (κ1) is 12.6. The van der Waals surface area contributed by atoms with Gasteiger partial charge in [0.15, 0.2) is 0 Å². The number of nitrogens with one attached hydrogen (secondary N) is 1. The fourth-order valence-corrected chi connectivity index (χ4v) is 1.53. The molecule has 0 saturated carbocycles. The number of nitrogens with two attached hydrogens (primary N) is 1. The largest absolute Gasteiger partial charge is 0.478 e. The average Bonchev–Trinajstić information content (AvgIpc) is 2.39. The lowest BCUT2D eigenvalue weighted by Gasteiger charge is -2.08. The Bertz CT molecular complexity index is 623. The minimum Gasteiger partial charge on any atom is -0.478 e. The Hall–Kier alpha value is -2.89. The molecule has 0 saturated heterocycles. The van der Waals surface area contributed by atoms with Crippen LogP contribution in [-0.4, -0.2) is 22.0 Å². The maximum atomic E-state index is 11.0. The number of aromatic carboxylic acids is 1. The maximum absolute atomic E-state index is 11.0. The molecular weight excluding hydrogens is 246 g/mol. The second-order valence-electron chi connectivity index (χ2n) is 3.77. The van der Waals surface area contributed by atoms with Crippen LogP contribution in [0.2, 0.25) is 0 Å². The van der Waals surface area contributed by atoms with E-state index in [1.807, 2.05) is 0 Å². The molecule has 0 atom stereocenters. The number of nitrogens with zero attached hydrogens (tertiary/aromatic N) is 1. The van der Waals surface area contributed by atoms with Gasteiger partial charge in [-0.1, -0.05) is 0 Å². The number of benzene rings is 1. The normalized spacial score (nSPS) is 9.89. The Labute approximate surface area is 108 Å². The van der Waals surface area contributed by atoms with Crippen molar-refractivity contribution in [2.45, 2.75) is 0 Å². The summed E-state index contributed by atoms with van der Waals surface area (Å²) in [6, 6.07) is 9.35. The molecule has 4 N–H and O–H groups in total. The van der Waals surface area contributed by atoms with E-state index in [9.17, 15) is 9.59 Å². The van der Waals surface area contributed by atoms with Crippen LogP contribution >= 0.6 is 0 Å². The average molecular weight is 257 g/mol. The second kappa shape index (κ2) is 5.18. The summed E-state index contributed by atoms with van der Waals surface area (Å²) in [4.78, 5) is 25.9. The van der Waals surface area contributed by atoms with E-state index in [1.54, 1.807) is 30.3 Å².